The molecule has 1 atom stereocenters. The van der Waals surface area contributed by atoms with E-state index in [9.17, 15) is 9.59 Å². The Morgan fingerprint density at radius 2 is 1.69 bits per heavy atom. The van der Waals surface area contributed by atoms with Crippen molar-refractivity contribution >= 4 is 22.8 Å². The van der Waals surface area contributed by atoms with Crippen molar-refractivity contribution in [1.82, 2.24) is 5.32 Å². The highest BCUT2D eigenvalue weighted by molar-refractivity contribution is 5.93. The maximum Gasteiger partial charge on any atom is 0.407 e. The van der Waals surface area contributed by atoms with Crippen molar-refractivity contribution < 1.29 is 33.3 Å². The number of benzene rings is 2. The van der Waals surface area contributed by atoms with Crippen molar-refractivity contribution in [3.05, 3.63) is 48.6 Å². The molecule has 0 heterocycles. The van der Waals surface area contributed by atoms with Gasteiger partial charge in [0.1, 0.15) is 18.1 Å². The predicted octanol–water partition coefficient (Wildman–Crippen LogP) is 3.05. The van der Waals surface area contributed by atoms with Crippen LogP contribution in [0.4, 0.5) is 4.79 Å². The third-order valence-electron chi connectivity index (χ3n) is 3.89. The largest absolute Gasteiger partial charge is 0.496 e. The van der Waals surface area contributed by atoms with Crippen molar-refractivity contribution in [2.75, 3.05) is 34.0 Å². The number of nitrogens with one attached hydrogen (secondary N) is 1. The van der Waals surface area contributed by atoms with Crippen LogP contribution in [0, 0.1) is 0 Å². The zero-order valence-corrected chi connectivity index (χ0v) is 16.7. The maximum absolute atomic E-state index is 11.8. The Hall–Kier alpha value is -3.26. The number of hydrogen-bond acceptors (Lipinski definition) is 7. The van der Waals surface area contributed by atoms with Gasteiger partial charge in [-0.05, 0) is 19.1 Å². The van der Waals surface area contributed by atoms with E-state index in [1.165, 1.54) is 7.11 Å². The van der Waals surface area contributed by atoms with Crippen LogP contribution < -0.4 is 14.8 Å². The van der Waals surface area contributed by atoms with Gasteiger partial charge in [-0.15, -0.1) is 0 Å². The maximum atomic E-state index is 11.8. The molecule has 2 aromatic rings. The first-order valence-electron chi connectivity index (χ1n) is 8.94. The second-order valence-electron chi connectivity index (χ2n) is 6.04. The highest BCUT2D eigenvalue weighted by Crippen LogP contribution is 2.33. The number of rotatable bonds is 10. The Morgan fingerprint density at radius 1 is 1.03 bits per heavy atom. The number of fused-ring (bicyclic) bond motifs is 1. The van der Waals surface area contributed by atoms with Crippen molar-refractivity contribution in [1.29, 1.82) is 0 Å². The lowest BCUT2D eigenvalue weighted by Crippen LogP contribution is -2.33. The Bertz CT molecular complexity index is 865. The highest BCUT2D eigenvalue weighted by Gasteiger charge is 2.15. The van der Waals surface area contributed by atoms with E-state index >= 15 is 0 Å². The highest BCUT2D eigenvalue weighted by atomic mass is 16.7. The van der Waals surface area contributed by atoms with Gasteiger partial charge in [0.15, 0.2) is 6.61 Å². The second-order valence-corrected chi connectivity index (χ2v) is 6.04. The van der Waals surface area contributed by atoms with E-state index < -0.39 is 18.4 Å². The van der Waals surface area contributed by atoms with Crippen LogP contribution in [0.15, 0.2) is 48.6 Å². The van der Waals surface area contributed by atoms with Gasteiger partial charge < -0.3 is 29.0 Å². The Balaban J connectivity index is 1.86. The molecule has 0 saturated carbocycles. The molecule has 0 aromatic heterocycles. The van der Waals surface area contributed by atoms with Crippen molar-refractivity contribution in [2.45, 2.75) is 13.2 Å². The molecule has 0 spiro atoms. The number of hydrogen-bond donors (Lipinski definition) is 1. The lowest BCUT2D eigenvalue weighted by atomic mass is 10.1. The third kappa shape index (κ3) is 6.39. The molecule has 0 saturated heterocycles. The smallest absolute Gasteiger partial charge is 0.407 e. The first-order chi connectivity index (χ1) is 14.0. The van der Waals surface area contributed by atoms with Crippen molar-refractivity contribution in [3.8, 4) is 11.5 Å². The molecule has 1 N–H and O–H groups in total. The summed E-state index contributed by atoms with van der Waals surface area (Å²) in [5, 5.41) is 4.21. The summed E-state index contributed by atoms with van der Waals surface area (Å²) in [6, 6.07) is 11.2. The standard InChI is InChI=1S/C21H25NO7/c1-14(2)20(23)27-12-11-22-21(24)28-13-19(26-4)29-18-10-9-17(25-3)15-7-5-6-8-16(15)18/h5-10,19H,1,11-13H2,2-4H3,(H,22,24). The van der Waals surface area contributed by atoms with E-state index in [2.05, 4.69) is 11.9 Å². The molecule has 156 valence electrons. The molecule has 0 radical (unpaired) electrons. The molecule has 29 heavy (non-hydrogen) atoms. The first-order valence-corrected chi connectivity index (χ1v) is 8.94. The predicted molar refractivity (Wildman–Crippen MR) is 107 cm³/mol. The number of esters is 1. The van der Waals surface area contributed by atoms with Gasteiger partial charge in [0.2, 0.25) is 6.29 Å². The third-order valence-corrected chi connectivity index (χ3v) is 3.89. The molecule has 0 aliphatic carbocycles. The summed E-state index contributed by atoms with van der Waals surface area (Å²) in [4.78, 5) is 23.0. The number of carbonyl (C=O) groups is 2. The molecule has 0 aliphatic heterocycles. The van der Waals surface area contributed by atoms with Crippen LogP contribution in [0.1, 0.15) is 6.92 Å². The van der Waals surface area contributed by atoms with Crippen LogP contribution in [-0.2, 0) is 19.0 Å². The molecule has 0 fully saturated rings. The number of methoxy groups -OCH3 is 2. The van der Waals surface area contributed by atoms with E-state index in [0.29, 0.717) is 11.3 Å². The van der Waals surface area contributed by atoms with Gasteiger partial charge in [-0.2, -0.15) is 0 Å². The molecule has 1 amide bonds. The molecule has 1 unspecified atom stereocenters. The van der Waals surface area contributed by atoms with Crippen LogP contribution in [0.5, 0.6) is 11.5 Å². The fraction of sp³-hybridized carbons (Fsp3) is 0.333. The van der Waals surface area contributed by atoms with Crippen LogP contribution in [0.2, 0.25) is 0 Å². The molecule has 2 aromatic carbocycles. The molecular formula is C21H25NO7. The molecule has 0 aliphatic rings. The second kappa shape index (κ2) is 10.9. The summed E-state index contributed by atoms with van der Waals surface area (Å²) >= 11 is 0. The fourth-order valence-corrected chi connectivity index (χ4v) is 2.43. The number of amides is 1. The molecule has 8 nitrogen and oxygen atoms in total. The minimum Gasteiger partial charge on any atom is -0.496 e. The van der Waals surface area contributed by atoms with Gasteiger partial charge in [0, 0.05) is 23.5 Å². The van der Waals surface area contributed by atoms with E-state index in [1.54, 1.807) is 26.2 Å². The van der Waals surface area contributed by atoms with Crippen LogP contribution in [0.25, 0.3) is 10.8 Å². The summed E-state index contributed by atoms with van der Waals surface area (Å²) in [5.74, 6) is 0.786. The lowest BCUT2D eigenvalue weighted by Gasteiger charge is -2.19. The quantitative estimate of drug-likeness (QED) is 0.282. The normalized spacial score (nSPS) is 11.4. The molecular weight excluding hydrogens is 378 g/mol. The average molecular weight is 403 g/mol. The minimum atomic E-state index is -0.807. The monoisotopic (exact) mass is 403 g/mol. The topological polar surface area (TPSA) is 92.3 Å². The molecule has 0 bridgehead atoms. The minimum absolute atomic E-state index is 0.0167. The number of alkyl carbamates (subject to hydrolysis) is 1. The summed E-state index contributed by atoms with van der Waals surface area (Å²) in [6.45, 7) is 5.01. The van der Waals surface area contributed by atoms with Crippen LogP contribution in [0.3, 0.4) is 0 Å². The molecule has 2 rings (SSSR count). The van der Waals surface area contributed by atoms with Gasteiger partial charge in [-0.3, -0.25) is 0 Å². The lowest BCUT2D eigenvalue weighted by molar-refractivity contribution is -0.138. The SMILES string of the molecule is C=C(C)C(=O)OCCNC(=O)OCC(OC)Oc1ccc(OC)c2ccccc12. The summed E-state index contributed by atoms with van der Waals surface area (Å²) in [7, 11) is 3.06. The average Bonchev–Trinajstić information content (AvgIpc) is 2.73. The van der Waals surface area contributed by atoms with Gasteiger partial charge in [0.05, 0.1) is 13.7 Å². The van der Waals surface area contributed by atoms with E-state index in [1.807, 2.05) is 24.3 Å². The zero-order valence-electron chi connectivity index (χ0n) is 16.7. The number of ether oxygens (including phenoxy) is 5. The van der Waals surface area contributed by atoms with Crippen molar-refractivity contribution in [3.63, 3.8) is 0 Å². The zero-order chi connectivity index (χ0) is 21.2. The summed E-state index contributed by atoms with van der Waals surface area (Å²) < 4.78 is 26.4. The summed E-state index contributed by atoms with van der Waals surface area (Å²) in [6.07, 6.45) is -1.49. The van der Waals surface area contributed by atoms with Crippen LogP contribution in [-0.4, -0.2) is 52.3 Å². The number of carbonyl (C=O) groups excluding carboxylic acids is 2. The molecule has 8 heteroatoms. The van der Waals surface area contributed by atoms with Gasteiger partial charge in [-0.1, -0.05) is 30.8 Å². The van der Waals surface area contributed by atoms with E-state index in [0.717, 1.165) is 16.5 Å². The Morgan fingerprint density at radius 3 is 2.31 bits per heavy atom. The van der Waals surface area contributed by atoms with Gasteiger partial charge in [0.25, 0.3) is 0 Å². The summed E-state index contributed by atoms with van der Waals surface area (Å²) in [5.41, 5.74) is 0.290. The first kappa shape index (κ1) is 22.0. The van der Waals surface area contributed by atoms with E-state index in [-0.39, 0.29) is 19.8 Å². The van der Waals surface area contributed by atoms with Gasteiger partial charge >= 0.3 is 12.1 Å². The van der Waals surface area contributed by atoms with E-state index in [4.69, 9.17) is 23.7 Å². The Kier molecular flexibility index (Phi) is 8.29. The van der Waals surface area contributed by atoms with Gasteiger partial charge in [-0.25, -0.2) is 9.59 Å². The fourth-order valence-electron chi connectivity index (χ4n) is 2.43. The van der Waals surface area contributed by atoms with Crippen LogP contribution >= 0.6 is 0 Å². The van der Waals surface area contributed by atoms with Crippen molar-refractivity contribution in [2.24, 2.45) is 0 Å². The Labute approximate surface area is 169 Å².